The summed E-state index contributed by atoms with van der Waals surface area (Å²) < 4.78 is 23.5. The van der Waals surface area contributed by atoms with E-state index in [0.29, 0.717) is 30.8 Å². The number of aromatic carboxylic acids is 1. The molecule has 0 radical (unpaired) electrons. The highest BCUT2D eigenvalue weighted by Gasteiger charge is 2.22. The first-order valence-corrected chi connectivity index (χ1v) is 14.2. The van der Waals surface area contributed by atoms with Gasteiger partial charge < -0.3 is 15.1 Å². The zero-order valence-corrected chi connectivity index (χ0v) is 21.3. The van der Waals surface area contributed by atoms with Crippen LogP contribution in [0.1, 0.15) is 27.0 Å². The van der Waals surface area contributed by atoms with Gasteiger partial charge in [-0.15, -0.1) is 0 Å². The normalized spacial score (nSPS) is 15.4. The Morgan fingerprint density at radius 1 is 0.947 bits per heavy atom. The second kappa shape index (κ2) is 9.53. The molecule has 7 nitrogen and oxygen atoms in total. The molecule has 0 spiro atoms. The van der Waals surface area contributed by atoms with Gasteiger partial charge in [-0.05, 0) is 52.9 Å². The maximum atomic E-state index is 12.1. The molecule has 1 aliphatic heterocycles. The Bertz CT molecular complexity index is 1860. The molecule has 38 heavy (non-hydrogen) atoms. The molecule has 190 valence electrons. The van der Waals surface area contributed by atoms with Crippen molar-refractivity contribution in [2.24, 2.45) is 0 Å². The highest BCUT2D eigenvalue weighted by molar-refractivity contribution is 7.91. The smallest absolute Gasteiger partial charge is 0.336 e. The van der Waals surface area contributed by atoms with Crippen LogP contribution in [0.2, 0.25) is 0 Å². The Kier molecular flexibility index (Phi) is 6.03. The summed E-state index contributed by atoms with van der Waals surface area (Å²) in [7, 11) is -2.91. The van der Waals surface area contributed by atoms with Crippen molar-refractivity contribution < 1.29 is 18.3 Å². The summed E-state index contributed by atoms with van der Waals surface area (Å²) in [5, 5.41) is 12.0. The van der Waals surface area contributed by atoms with Crippen LogP contribution in [-0.2, 0) is 16.4 Å². The van der Waals surface area contributed by atoms with Crippen LogP contribution in [0.15, 0.2) is 73.1 Å². The number of carbonyl (C=O) groups is 1. The van der Waals surface area contributed by atoms with Crippen LogP contribution in [-0.4, -0.2) is 59.0 Å². The molecule has 3 aromatic carbocycles. The van der Waals surface area contributed by atoms with Crippen LogP contribution in [0.3, 0.4) is 0 Å². The van der Waals surface area contributed by atoms with Crippen molar-refractivity contribution in [3.8, 4) is 23.0 Å². The SMILES string of the molecule is O=C(O)c1cccc(C#Cc2ccc3c(CN4CCS(=O)(=O)CC4)c[nH]c3c2)c1-c1ccc2cc[nH]c2c1. The van der Waals surface area contributed by atoms with Crippen molar-refractivity contribution in [3.63, 3.8) is 0 Å². The summed E-state index contributed by atoms with van der Waals surface area (Å²) in [6.45, 7) is 1.79. The summed E-state index contributed by atoms with van der Waals surface area (Å²) in [6.07, 6.45) is 3.83. The van der Waals surface area contributed by atoms with Gasteiger partial charge in [-0.1, -0.05) is 36.1 Å². The van der Waals surface area contributed by atoms with Gasteiger partial charge in [0.15, 0.2) is 9.84 Å². The van der Waals surface area contributed by atoms with E-state index in [1.54, 1.807) is 12.1 Å². The van der Waals surface area contributed by atoms with Gasteiger partial charge in [0.25, 0.3) is 0 Å². The van der Waals surface area contributed by atoms with Crippen molar-refractivity contribution in [2.45, 2.75) is 6.54 Å². The number of aromatic amines is 2. The molecule has 5 aromatic rings. The standard InChI is InChI=1S/C30H25N3O4S/c34-30(35)26-3-1-2-22(29(26)23-8-7-21-10-11-31-27(21)17-23)6-4-20-5-9-25-24(18-32-28(25)16-20)19-33-12-14-38(36,37)15-13-33/h1-3,5,7-11,16-18,31-32H,12-15,19H2,(H,34,35). The van der Waals surface area contributed by atoms with E-state index >= 15 is 0 Å². The summed E-state index contributed by atoms with van der Waals surface area (Å²) in [4.78, 5) is 20.7. The number of nitrogens with one attached hydrogen (secondary N) is 2. The summed E-state index contributed by atoms with van der Waals surface area (Å²) in [5.41, 5.74) is 6.04. The quantitative estimate of drug-likeness (QED) is 0.298. The molecular formula is C30H25N3O4S. The van der Waals surface area contributed by atoms with Crippen molar-refractivity contribution in [1.29, 1.82) is 0 Å². The van der Waals surface area contributed by atoms with Crippen LogP contribution >= 0.6 is 0 Å². The van der Waals surface area contributed by atoms with Gasteiger partial charge in [0.1, 0.15) is 0 Å². The third kappa shape index (κ3) is 4.70. The van der Waals surface area contributed by atoms with Gasteiger partial charge in [0.05, 0.1) is 17.1 Å². The lowest BCUT2D eigenvalue weighted by molar-refractivity contribution is 0.0697. The Morgan fingerprint density at radius 3 is 2.61 bits per heavy atom. The van der Waals surface area contributed by atoms with Crippen LogP contribution in [0, 0.1) is 11.8 Å². The lowest BCUT2D eigenvalue weighted by atomic mass is 9.93. The van der Waals surface area contributed by atoms with Crippen molar-refractivity contribution in [2.75, 3.05) is 24.6 Å². The topological polar surface area (TPSA) is 106 Å². The van der Waals surface area contributed by atoms with Crippen LogP contribution in [0.25, 0.3) is 32.9 Å². The Morgan fingerprint density at radius 2 is 1.79 bits per heavy atom. The van der Waals surface area contributed by atoms with Crippen molar-refractivity contribution in [1.82, 2.24) is 14.9 Å². The molecule has 6 rings (SSSR count). The molecule has 1 fully saturated rings. The van der Waals surface area contributed by atoms with Crippen molar-refractivity contribution >= 4 is 37.6 Å². The van der Waals surface area contributed by atoms with Crippen LogP contribution < -0.4 is 0 Å². The Balaban J connectivity index is 1.31. The number of carboxylic acid groups (broad SMARTS) is 1. The van der Waals surface area contributed by atoms with E-state index in [1.807, 2.05) is 60.9 Å². The number of hydrogen-bond donors (Lipinski definition) is 3. The Hall–Kier alpha value is -4.32. The number of H-pyrrole nitrogens is 2. The van der Waals surface area contributed by atoms with Gasteiger partial charge in [0, 0.05) is 65.1 Å². The average Bonchev–Trinajstić information content (AvgIpc) is 3.54. The fourth-order valence-corrected chi connectivity index (χ4v) is 6.31. The first-order valence-electron chi connectivity index (χ1n) is 12.3. The fraction of sp³-hybridized carbons (Fsp3) is 0.167. The van der Waals surface area contributed by atoms with E-state index in [2.05, 4.69) is 26.7 Å². The van der Waals surface area contributed by atoms with E-state index in [4.69, 9.17) is 0 Å². The summed E-state index contributed by atoms with van der Waals surface area (Å²) in [5.74, 6) is 5.84. The maximum Gasteiger partial charge on any atom is 0.336 e. The minimum absolute atomic E-state index is 0.206. The number of carboxylic acids is 1. The molecule has 0 bridgehead atoms. The molecule has 0 saturated carbocycles. The summed E-state index contributed by atoms with van der Waals surface area (Å²) in [6, 6.07) is 19.0. The molecule has 2 aromatic heterocycles. The highest BCUT2D eigenvalue weighted by atomic mass is 32.2. The van der Waals surface area contributed by atoms with Gasteiger partial charge in [0.2, 0.25) is 0 Å². The first-order chi connectivity index (χ1) is 18.4. The molecule has 3 heterocycles. The van der Waals surface area contributed by atoms with E-state index < -0.39 is 15.8 Å². The second-order valence-electron chi connectivity index (χ2n) is 9.57. The van der Waals surface area contributed by atoms with Gasteiger partial charge in [-0.3, -0.25) is 4.90 Å². The number of sulfone groups is 1. The number of hydrogen-bond acceptors (Lipinski definition) is 4. The molecular weight excluding hydrogens is 498 g/mol. The lowest BCUT2D eigenvalue weighted by Crippen LogP contribution is -2.39. The van der Waals surface area contributed by atoms with Gasteiger partial charge >= 0.3 is 5.97 Å². The van der Waals surface area contributed by atoms with E-state index in [0.717, 1.165) is 38.5 Å². The molecule has 1 aliphatic rings. The Labute approximate surface area is 220 Å². The zero-order valence-electron chi connectivity index (χ0n) is 20.5. The highest BCUT2D eigenvalue weighted by Crippen LogP contribution is 2.30. The number of benzene rings is 3. The molecule has 0 amide bonds. The minimum Gasteiger partial charge on any atom is -0.478 e. The minimum atomic E-state index is -2.91. The molecule has 3 N–H and O–H groups in total. The zero-order chi connectivity index (χ0) is 26.3. The third-order valence-corrected chi connectivity index (χ3v) is 8.69. The number of aromatic nitrogens is 2. The first kappa shape index (κ1) is 24.0. The lowest BCUT2D eigenvalue weighted by Gasteiger charge is -2.26. The predicted octanol–water partition coefficient (Wildman–Crippen LogP) is 4.64. The maximum absolute atomic E-state index is 12.1. The third-order valence-electron chi connectivity index (χ3n) is 7.08. The number of nitrogens with zero attached hydrogens (tertiary/aromatic N) is 1. The van der Waals surface area contributed by atoms with Crippen molar-refractivity contribution in [3.05, 3.63) is 95.3 Å². The summed E-state index contributed by atoms with van der Waals surface area (Å²) >= 11 is 0. The van der Waals surface area contributed by atoms with Gasteiger partial charge in [-0.25, -0.2) is 13.2 Å². The van der Waals surface area contributed by atoms with Gasteiger partial charge in [-0.2, -0.15) is 0 Å². The second-order valence-corrected chi connectivity index (χ2v) is 11.9. The van der Waals surface area contributed by atoms with Crippen LogP contribution in [0.5, 0.6) is 0 Å². The largest absolute Gasteiger partial charge is 0.478 e. The molecule has 0 atom stereocenters. The monoisotopic (exact) mass is 523 g/mol. The fourth-order valence-electron chi connectivity index (χ4n) is 5.03. The average molecular weight is 524 g/mol. The van der Waals surface area contributed by atoms with Crippen LogP contribution in [0.4, 0.5) is 0 Å². The molecule has 8 heteroatoms. The number of fused-ring (bicyclic) bond motifs is 2. The van der Waals surface area contributed by atoms with E-state index in [1.165, 1.54) is 0 Å². The molecule has 1 saturated heterocycles. The predicted molar refractivity (Wildman–Crippen MR) is 149 cm³/mol. The molecule has 0 unspecified atom stereocenters. The molecule has 0 aliphatic carbocycles. The van der Waals surface area contributed by atoms with E-state index in [-0.39, 0.29) is 17.1 Å². The number of rotatable bonds is 4. The van der Waals surface area contributed by atoms with E-state index in [9.17, 15) is 18.3 Å².